The molecule has 0 saturated carbocycles. The third-order valence-corrected chi connectivity index (χ3v) is 7.25. The molecule has 0 radical (unpaired) electrons. The Kier molecular flexibility index (Phi) is 6.14. The van der Waals surface area contributed by atoms with Crippen molar-refractivity contribution in [2.45, 2.75) is 55.4 Å². The summed E-state index contributed by atoms with van der Waals surface area (Å²) in [6.07, 6.45) is 0.206. The zero-order valence-electron chi connectivity index (χ0n) is 18.4. The normalized spacial score (nSPS) is 25.0. The first-order valence-electron chi connectivity index (χ1n) is 10.3. The second kappa shape index (κ2) is 8.75. The standard InChI is InChI=1S/C21H25N3O8S/c1-10(25)29-8-32-20(28)16-21(2,3)33-19-14(18(27)24(16)19)23-17(26)12(22)7-11-5-4-6-13-15(11)31-9-30-13/h4-6,12,14,16,19H,7-9,22H2,1-3H3,(H,23,26)/t12?,14-,16+,19-/m1/s1. The Labute approximate surface area is 194 Å². The average molecular weight is 480 g/mol. The lowest BCUT2D eigenvalue weighted by Gasteiger charge is -2.44. The first-order chi connectivity index (χ1) is 15.6. The number of hydrogen-bond donors (Lipinski definition) is 2. The number of rotatable bonds is 7. The smallest absolute Gasteiger partial charge is 0.333 e. The molecular weight excluding hydrogens is 454 g/mol. The van der Waals surface area contributed by atoms with E-state index in [1.54, 1.807) is 18.2 Å². The van der Waals surface area contributed by atoms with Crippen molar-refractivity contribution >= 4 is 35.5 Å². The number of fused-ring (bicyclic) bond motifs is 2. The molecule has 3 N–H and O–H groups in total. The summed E-state index contributed by atoms with van der Waals surface area (Å²) in [5.74, 6) is -0.976. The predicted octanol–water partition coefficient (Wildman–Crippen LogP) is -0.104. The number of β-lactam (4-membered cyclic amide) rings is 1. The summed E-state index contributed by atoms with van der Waals surface area (Å²) in [5, 5.41) is 2.27. The van der Waals surface area contributed by atoms with Crippen molar-refractivity contribution in [3.63, 3.8) is 0 Å². The fourth-order valence-electron chi connectivity index (χ4n) is 4.12. The van der Waals surface area contributed by atoms with Crippen LogP contribution in [0.25, 0.3) is 0 Å². The van der Waals surface area contributed by atoms with Gasteiger partial charge < -0.3 is 34.9 Å². The number of hydrogen-bond acceptors (Lipinski definition) is 10. The lowest BCUT2D eigenvalue weighted by atomic mass is 9.95. The topological polar surface area (TPSA) is 146 Å². The van der Waals surface area contributed by atoms with Crippen LogP contribution in [-0.2, 0) is 35.1 Å². The molecule has 0 aliphatic carbocycles. The fraction of sp³-hybridized carbons (Fsp3) is 0.524. The molecular formula is C21H25N3O8S. The van der Waals surface area contributed by atoms with E-state index in [4.69, 9.17) is 19.9 Å². The van der Waals surface area contributed by atoms with Crippen LogP contribution >= 0.6 is 11.8 Å². The summed E-state index contributed by atoms with van der Waals surface area (Å²) < 4.78 is 19.8. The monoisotopic (exact) mass is 479 g/mol. The van der Waals surface area contributed by atoms with E-state index in [2.05, 4.69) is 10.1 Å². The molecule has 3 aliphatic heterocycles. The van der Waals surface area contributed by atoms with E-state index in [0.717, 1.165) is 5.56 Å². The van der Waals surface area contributed by atoms with E-state index in [1.807, 2.05) is 13.8 Å². The highest BCUT2D eigenvalue weighted by atomic mass is 32.2. The second-order valence-electron chi connectivity index (χ2n) is 8.42. The minimum atomic E-state index is -0.911. The molecule has 0 aromatic heterocycles. The molecule has 11 nitrogen and oxygen atoms in total. The Morgan fingerprint density at radius 2 is 2.06 bits per heavy atom. The van der Waals surface area contributed by atoms with Crippen LogP contribution in [0, 0.1) is 0 Å². The largest absolute Gasteiger partial charge is 0.454 e. The maximum absolute atomic E-state index is 12.8. The van der Waals surface area contributed by atoms with Gasteiger partial charge in [0.2, 0.25) is 25.4 Å². The Hall–Kier alpha value is -2.99. The van der Waals surface area contributed by atoms with Crippen LogP contribution in [0.5, 0.6) is 11.5 Å². The second-order valence-corrected chi connectivity index (χ2v) is 10.2. The van der Waals surface area contributed by atoms with Crippen LogP contribution in [0.2, 0.25) is 0 Å². The Morgan fingerprint density at radius 3 is 2.79 bits per heavy atom. The summed E-state index contributed by atoms with van der Waals surface area (Å²) in [6.45, 7) is 4.40. The number of amides is 2. The molecule has 4 rings (SSSR count). The summed E-state index contributed by atoms with van der Waals surface area (Å²) in [4.78, 5) is 50.4. The summed E-state index contributed by atoms with van der Waals surface area (Å²) >= 11 is 1.38. The zero-order valence-corrected chi connectivity index (χ0v) is 19.2. The van der Waals surface area contributed by atoms with Crippen LogP contribution in [0.3, 0.4) is 0 Å². The van der Waals surface area contributed by atoms with E-state index < -0.39 is 58.8 Å². The fourth-order valence-corrected chi connectivity index (χ4v) is 5.74. The van der Waals surface area contributed by atoms with Gasteiger partial charge in [-0.05, 0) is 19.9 Å². The number of nitrogens with one attached hydrogen (secondary N) is 1. The molecule has 4 atom stereocenters. The number of carbonyl (C=O) groups is 4. The Morgan fingerprint density at radius 1 is 1.30 bits per heavy atom. The molecule has 2 saturated heterocycles. The molecule has 1 aromatic carbocycles. The van der Waals surface area contributed by atoms with E-state index in [1.165, 1.54) is 23.6 Å². The van der Waals surface area contributed by atoms with Crippen LogP contribution in [0.1, 0.15) is 26.3 Å². The van der Waals surface area contributed by atoms with Crippen LogP contribution < -0.4 is 20.5 Å². The molecule has 2 amide bonds. The molecule has 2 fully saturated rings. The van der Waals surface area contributed by atoms with E-state index in [9.17, 15) is 19.2 Å². The first-order valence-corrected chi connectivity index (χ1v) is 11.2. The molecule has 12 heteroatoms. The Balaban J connectivity index is 1.37. The van der Waals surface area contributed by atoms with Gasteiger partial charge >= 0.3 is 11.9 Å². The van der Waals surface area contributed by atoms with Crippen LogP contribution in [0.4, 0.5) is 0 Å². The van der Waals surface area contributed by atoms with Gasteiger partial charge in [0.1, 0.15) is 17.5 Å². The average Bonchev–Trinajstić information content (AvgIpc) is 3.32. The summed E-state index contributed by atoms with van der Waals surface area (Å²) in [6, 6.07) is 2.77. The maximum atomic E-state index is 12.8. The number of carbonyl (C=O) groups excluding carboxylic acids is 4. The third kappa shape index (κ3) is 4.32. The number of esters is 2. The first kappa shape index (κ1) is 23.2. The predicted molar refractivity (Wildman–Crippen MR) is 115 cm³/mol. The Bertz CT molecular complexity index is 1000. The van der Waals surface area contributed by atoms with Crippen molar-refractivity contribution in [2.24, 2.45) is 5.73 Å². The van der Waals surface area contributed by atoms with Crippen molar-refractivity contribution in [3.05, 3.63) is 23.8 Å². The van der Waals surface area contributed by atoms with Gasteiger partial charge in [0.25, 0.3) is 0 Å². The summed E-state index contributed by atoms with van der Waals surface area (Å²) in [5.41, 5.74) is 6.84. The van der Waals surface area contributed by atoms with Crippen LogP contribution in [-0.4, -0.2) is 70.5 Å². The van der Waals surface area contributed by atoms with E-state index in [0.29, 0.717) is 11.5 Å². The molecule has 0 spiro atoms. The van der Waals surface area contributed by atoms with Crippen molar-refractivity contribution < 1.29 is 38.1 Å². The molecule has 1 aromatic rings. The van der Waals surface area contributed by atoms with Gasteiger partial charge in [-0.1, -0.05) is 12.1 Å². The maximum Gasteiger partial charge on any atom is 0.333 e. The minimum absolute atomic E-state index is 0.110. The highest BCUT2D eigenvalue weighted by molar-refractivity contribution is 8.01. The van der Waals surface area contributed by atoms with E-state index in [-0.39, 0.29) is 13.2 Å². The molecule has 33 heavy (non-hydrogen) atoms. The van der Waals surface area contributed by atoms with Gasteiger partial charge in [0.05, 0.1) is 6.04 Å². The van der Waals surface area contributed by atoms with Crippen molar-refractivity contribution in [1.82, 2.24) is 10.2 Å². The SMILES string of the molecule is CC(=O)OCOC(=O)[C@@H]1N2C(=O)[C@@H](NC(=O)C(N)Cc3cccc4c3OCO4)[C@H]2SC1(C)C. The minimum Gasteiger partial charge on any atom is -0.454 e. The number of nitrogens with zero attached hydrogens (tertiary/aromatic N) is 1. The van der Waals surface area contributed by atoms with Gasteiger partial charge in [0.15, 0.2) is 11.5 Å². The zero-order chi connectivity index (χ0) is 23.9. The number of thioether (sulfide) groups is 1. The van der Waals surface area contributed by atoms with Gasteiger partial charge in [0, 0.05) is 23.7 Å². The van der Waals surface area contributed by atoms with Crippen molar-refractivity contribution in [2.75, 3.05) is 13.6 Å². The third-order valence-electron chi connectivity index (χ3n) is 5.68. The summed E-state index contributed by atoms with van der Waals surface area (Å²) in [7, 11) is 0. The van der Waals surface area contributed by atoms with Gasteiger partial charge in [-0.25, -0.2) is 4.79 Å². The number of nitrogens with two attached hydrogens (primary N) is 1. The molecule has 3 aliphatic rings. The highest BCUT2D eigenvalue weighted by Crippen LogP contribution is 2.51. The lowest BCUT2D eigenvalue weighted by Crippen LogP contribution is -2.71. The molecule has 178 valence electrons. The molecule has 0 bridgehead atoms. The number of benzene rings is 1. The quantitative estimate of drug-likeness (QED) is 0.309. The molecule has 1 unspecified atom stereocenters. The number of ether oxygens (including phenoxy) is 4. The molecule has 3 heterocycles. The van der Waals surface area contributed by atoms with Gasteiger partial charge in [-0.3, -0.25) is 14.4 Å². The number of para-hydroxylation sites is 1. The lowest BCUT2D eigenvalue weighted by molar-refractivity contribution is -0.175. The van der Waals surface area contributed by atoms with Gasteiger partial charge in [-0.2, -0.15) is 0 Å². The van der Waals surface area contributed by atoms with Gasteiger partial charge in [-0.15, -0.1) is 11.8 Å². The van der Waals surface area contributed by atoms with E-state index >= 15 is 0 Å². The van der Waals surface area contributed by atoms with Crippen molar-refractivity contribution in [1.29, 1.82) is 0 Å². The highest BCUT2D eigenvalue weighted by Gasteiger charge is 2.64. The van der Waals surface area contributed by atoms with Crippen LogP contribution in [0.15, 0.2) is 18.2 Å². The van der Waals surface area contributed by atoms with Crippen molar-refractivity contribution in [3.8, 4) is 11.5 Å².